The van der Waals surface area contributed by atoms with E-state index < -0.39 is 30.3 Å². The maximum Gasteiger partial charge on any atom is 0.503 e. The lowest BCUT2D eigenvalue weighted by Gasteiger charge is -2.22. The second-order valence-electron chi connectivity index (χ2n) is 2.44. The van der Waals surface area contributed by atoms with Gasteiger partial charge in [-0.25, -0.2) is 14.4 Å². The first-order valence-electron chi connectivity index (χ1n) is 3.67. The van der Waals surface area contributed by atoms with Gasteiger partial charge >= 0.3 is 18.1 Å². The zero-order chi connectivity index (χ0) is 11.3. The van der Waals surface area contributed by atoms with E-state index in [9.17, 15) is 9.59 Å². The fourth-order valence-corrected chi connectivity index (χ4v) is 0.636. The molecular weight excluding hydrogens is 196 g/mol. The van der Waals surface area contributed by atoms with Crippen LogP contribution in [0.1, 0.15) is 13.8 Å². The molecule has 0 aromatic carbocycles. The SMILES string of the molecule is C[C@@H]1OC(=O)[C@@H](C)OC1=O.O=C(O)O. The Morgan fingerprint density at radius 1 is 1.07 bits per heavy atom. The summed E-state index contributed by atoms with van der Waals surface area (Å²) in [5.74, 6) is -0.959. The van der Waals surface area contributed by atoms with Gasteiger partial charge in [0.2, 0.25) is 0 Å². The third-order valence-corrected chi connectivity index (χ3v) is 1.25. The molecular formula is C7H10O7. The van der Waals surface area contributed by atoms with Crippen LogP contribution in [0.2, 0.25) is 0 Å². The van der Waals surface area contributed by atoms with E-state index in [-0.39, 0.29) is 0 Å². The fourth-order valence-electron chi connectivity index (χ4n) is 0.636. The van der Waals surface area contributed by atoms with Crippen molar-refractivity contribution in [3.05, 3.63) is 0 Å². The lowest BCUT2D eigenvalue weighted by atomic mass is 10.3. The van der Waals surface area contributed by atoms with Crippen LogP contribution in [0.25, 0.3) is 0 Å². The highest BCUT2D eigenvalue weighted by atomic mass is 16.6. The summed E-state index contributed by atoms with van der Waals surface area (Å²) in [6.07, 6.45) is -3.33. The Balaban J connectivity index is 0.000000364. The standard InChI is InChI=1S/C6H8O4.CH2O3/c1-3-5(7)10-4(2)6(8)9-3;2-1(3)4/h3-4H,1-2H3;(H2,2,3,4)/t3-,4+;. The molecule has 0 aromatic rings. The van der Waals surface area contributed by atoms with Crippen LogP contribution in [0.5, 0.6) is 0 Å². The van der Waals surface area contributed by atoms with E-state index in [0.29, 0.717) is 0 Å². The van der Waals surface area contributed by atoms with Crippen molar-refractivity contribution in [1.29, 1.82) is 0 Å². The first-order chi connectivity index (χ1) is 6.34. The summed E-state index contributed by atoms with van der Waals surface area (Å²) in [4.78, 5) is 29.9. The van der Waals surface area contributed by atoms with Crippen molar-refractivity contribution >= 4 is 18.1 Å². The molecule has 0 amide bonds. The van der Waals surface area contributed by atoms with E-state index in [1.165, 1.54) is 13.8 Å². The van der Waals surface area contributed by atoms with Gasteiger partial charge in [-0.3, -0.25) is 0 Å². The molecule has 7 heteroatoms. The number of carbonyl (C=O) groups is 3. The third kappa shape index (κ3) is 4.29. The highest BCUT2D eigenvalue weighted by molar-refractivity contribution is 5.86. The number of hydrogen-bond acceptors (Lipinski definition) is 5. The molecule has 1 aliphatic rings. The van der Waals surface area contributed by atoms with Crippen LogP contribution < -0.4 is 0 Å². The molecule has 1 aliphatic heterocycles. The predicted molar refractivity (Wildman–Crippen MR) is 41.8 cm³/mol. The molecule has 80 valence electrons. The summed E-state index contributed by atoms with van der Waals surface area (Å²) in [6.45, 7) is 2.96. The Labute approximate surface area is 79.2 Å². The van der Waals surface area contributed by atoms with Gasteiger partial charge in [0.15, 0.2) is 12.2 Å². The maximum atomic E-state index is 10.7. The van der Waals surface area contributed by atoms with Crippen molar-refractivity contribution in [3.8, 4) is 0 Å². The summed E-state index contributed by atoms with van der Waals surface area (Å²) < 4.78 is 9.19. The second kappa shape index (κ2) is 5.05. The van der Waals surface area contributed by atoms with Crippen LogP contribution in [-0.4, -0.2) is 40.5 Å². The van der Waals surface area contributed by atoms with Crippen molar-refractivity contribution < 1.29 is 34.1 Å². The summed E-state index contributed by atoms with van der Waals surface area (Å²) in [5, 5.41) is 13.9. The number of cyclic esters (lactones) is 2. The first kappa shape index (κ1) is 12.2. The summed E-state index contributed by atoms with van der Waals surface area (Å²) in [7, 11) is 0. The molecule has 1 saturated heterocycles. The lowest BCUT2D eigenvalue weighted by Crippen LogP contribution is -2.40. The molecule has 0 aliphatic carbocycles. The first-order valence-corrected chi connectivity index (χ1v) is 3.67. The van der Waals surface area contributed by atoms with Crippen LogP contribution in [0.4, 0.5) is 4.79 Å². The van der Waals surface area contributed by atoms with E-state index in [2.05, 4.69) is 9.47 Å². The molecule has 1 fully saturated rings. The summed E-state index contributed by atoms with van der Waals surface area (Å²) in [6, 6.07) is 0. The number of carbonyl (C=O) groups excluding carboxylic acids is 2. The van der Waals surface area contributed by atoms with Crippen molar-refractivity contribution in [3.63, 3.8) is 0 Å². The minimum atomic E-state index is -1.83. The zero-order valence-corrected chi connectivity index (χ0v) is 7.59. The molecule has 1 rings (SSSR count). The normalized spacial score (nSPS) is 25.3. The van der Waals surface area contributed by atoms with Crippen molar-refractivity contribution in [1.82, 2.24) is 0 Å². The van der Waals surface area contributed by atoms with Crippen molar-refractivity contribution in [2.45, 2.75) is 26.1 Å². The van der Waals surface area contributed by atoms with Crippen LogP contribution in [-0.2, 0) is 19.1 Å². The molecule has 0 bridgehead atoms. The molecule has 0 unspecified atom stereocenters. The third-order valence-electron chi connectivity index (χ3n) is 1.25. The van der Waals surface area contributed by atoms with E-state index in [4.69, 9.17) is 15.0 Å². The van der Waals surface area contributed by atoms with Gasteiger partial charge in [0, 0.05) is 0 Å². The maximum absolute atomic E-state index is 10.7. The molecule has 0 aromatic heterocycles. The van der Waals surface area contributed by atoms with Gasteiger partial charge in [0.05, 0.1) is 0 Å². The summed E-state index contributed by atoms with van der Waals surface area (Å²) in [5.41, 5.74) is 0. The molecule has 0 spiro atoms. The van der Waals surface area contributed by atoms with Crippen molar-refractivity contribution in [2.75, 3.05) is 0 Å². The topological polar surface area (TPSA) is 110 Å². The number of hydrogen-bond donors (Lipinski definition) is 2. The largest absolute Gasteiger partial charge is 0.503 e. The van der Waals surface area contributed by atoms with Crippen LogP contribution in [0.3, 0.4) is 0 Å². The van der Waals surface area contributed by atoms with E-state index >= 15 is 0 Å². The minimum absolute atomic E-state index is 0.480. The number of ether oxygens (including phenoxy) is 2. The highest BCUT2D eigenvalue weighted by Crippen LogP contribution is 2.08. The van der Waals surface area contributed by atoms with Gasteiger partial charge in [-0.2, -0.15) is 0 Å². The number of carboxylic acid groups (broad SMARTS) is 2. The molecule has 0 saturated carbocycles. The molecule has 1 heterocycles. The number of esters is 2. The molecule has 0 radical (unpaired) electrons. The van der Waals surface area contributed by atoms with Gasteiger partial charge in [-0.05, 0) is 13.8 Å². The Bertz CT molecular complexity index is 222. The molecule has 2 N–H and O–H groups in total. The van der Waals surface area contributed by atoms with Gasteiger partial charge in [-0.15, -0.1) is 0 Å². The van der Waals surface area contributed by atoms with E-state index in [1.807, 2.05) is 0 Å². The fraction of sp³-hybridized carbons (Fsp3) is 0.571. The van der Waals surface area contributed by atoms with Gasteiger partial charge in [0.25, 0.3) is 0 Å². The van der Waals surface area contributed by atoms with Crippen LogP contribution in [0, 0.1) is 0 Å². The predicted octanol–water partition coefficient (Wildman–Crippen LogP) is 0.0858. The smallest absolute Gasteiger partial charge is 0.450 e. The van der Waals surface area contributed by atoms with E-state index in [0.717, 1.165) is 0 Å². The van der Waals surface area contributed by atoms with Crippen LogP contribution >= 0.6 is 0 Å². The van der Waals surface area contributed by atoms with Gasteiger partial charge in [-0.1, -0.05) is 0 Å². The van der Waals surface area contributed by atoms with Gasteiger partial charge in [0.1, 0.15) is 0 Å². The van der Waals surface area contributed by atoms with Crippen molar-refractivity contribution in [2.24, 2.45) is 0 Å². The Morgan fingerprint density at radius 3 is 1.50 bits per heavy atom. The highest BCUT2D eigenvalue weighted by Gasteiger charge is 2.32. The molecule has 7 nitrogen and oxygen atoms in total. The summed E-state index contributed by atoms with van der Waals surface area (Å²) >= 11 is 0. The lowest BCUT2D eigenvalue weighted by molar-refractivity contribution is -0.191. The van der Waals surface area contributed by atoms with Crippen LogP contribution in [0.15, 0.2) is 0 Å². The Kier molecular flexibility index (Phi) is 4.41. The van der Waals surface area contributed by atoms with Gasteiger partial charge < -0.3 is 19.7 Å². The minimum Gasteiger partial charge on any atom is -0.450 e. The average Bonchev–Trinajstić information content (AvgIpc) is 2.00. The molecule has 2 atom stereocenters. The number of rotatable bonds is 0. The second-order valence-corrected chi connectivity index (χ2v) is 2.44. The zero-order valence-electron chi connectivity index (χ0n) is 7.59. The Morgan fingerprint density at radius 2 is 1.29 bits per heavy atom. The average molecular weight is 206 g/mol. The molecule has 14 heavy (non-hydrogen) atoms. The van der Waals surface area contributed by atoms with E-state index in [1.54, 1.807) is 0 Å². The Hall–Kier alpha value is -1.79. The quantitative estimate of drug-likeness (QED) is 0.540. The monoisotopic (exact) mass is 206 g/mol.